The van der Waals surface area contributed by atoms with Gasteiger partial charge in [-0.1, -0.05) is 30.3 Å². The molecular formula is C16H23N4O3P. The number of aromatic nitrogens is 2. The molecule has 1 aromatic heterocycles. The quantitative estimate of drug-likeness (QED) is 0.579. The number of hydrogen-bond acceptors (Lipinski definition) is 6. The molecule has 2 aromatic rings. The molecule has 0 amide bonds. The van der Waals surface area contributed by atoms with Gasteiger partial charge in [0.05, 0.1) is 25.1 Å². The Bertz CT molecular complexity index is 799. The summed E-state index contributed by atoms with van der Waals surface area (Å²) in [7, 11) is -2.25. The Morgan fingerprint density at radius 1 is 1.21 bits per heavy atom. The number of anilines is 2. The average molecular weight is 350 g/mol. The molecule has 0 aliphatic carbocycles. The Labute approximate surface area is 141 Å². The van der Waals surface area contributed by atoms with Crippen LogP contribution < -0.4 is 17.0 Å². The van der Waals surface area contributed by atoms with E-state index < -0.39 is 7.14 Å². The predicted octanol–water partition coefficient (Wildman–Crippen LogP) is 1.60. The van der Waals surface area contributed by atoms with Crippen molar-refractivity contribution in [3.8, 4) is 0 Å². The number of hydrogen-bond donors (Lipinski definition) is 2. The molecule has 7 nitrogen and oxygen atoms in total. The standard InChI is InChI=1S/C16H23N4O3P/c1-24(2,22)11-23-9-8-20-15(21)13(14(17)19-16(20)18)10-12-6-4-3-5-7-12/h3-7H,8-11,17H2,1-2H3,(H2,18,19). The number of rotatable bonds is 7. The van der Waals surface area contributed by atoms with Gasteiger partial charge in [0.15, 0.2) is 0 Å². The second-order valence-corrected chi connectivity index (χ2v) is 9.47. The lowest BCUT2D eigenvalue weighted by Crippen LogP contribution is -2.30. The van der Waals surface area contributed by atoms with Crippen LogP contribution in [0, 0.1) is 0 Å². The summed E-state index contributed by atoms with van der Waals surface area (Å²) in [5, 5.41) is 0. The van der Waals surface area contributed by atoms with Gasteiger partial charge >= 0.3 is 0 Å². The maximum Gasteiger partial charge on any atom is 0.260 e. The van der Waals surface area contributed by atoms with Crippen LogP contribution in [0.2, 0.25) is 0 Å². The molecule has 2 rings (SSSR count). The highest BCUT2D eigenvalue weighted by molar-refractivity contribution is 7.62. The van der Waals surface area contributed by atoms with Crippen molar-refractivity contribution in [1.82, 2.24) is 9.55 Å². The summed E-state index contributed by atoms with van der Waals surface area (Å²) in [5.74, 6) is 0.194. The minimum atomic E-state index is -2.25. The monoisotopic (exact) mass is 350 g/mol. The van der Waals surface area contributed by atoms with Gasteiger partial charge in [-0.3, -0.25) is 9.36 Å². The maximum absolute atomic E-state index is 12.7. The van der Waals surface area contributed by atoms with Gasteiger partial charge in [0.25, 0.3) is 5.56 Å². The van der Waals surface area contributed by atoms with Crippen LogP contribution in [0.3, 0.4) is 0 Å². The molecule has 0 spiro atoms. The van der Waals surface area contributed by atoms with Crippen molar-refractivity contribution in [2.24, 2.45) is 0 Å². The molecule has 0 fully saturated rings. The Balaban J connectivity index is 2.18. The van der Waals surface area contributed by atoms with Crippen molar-refractivity contribution in [3.05, 3.63) is 51.8 Å². The third kappa shape index (κ3) is 4.94. The van der Waals surface area contributed by atoms with Gasteiger partial charge in [-0.15, -0.1) is 0 Å². The van der Waals surface area contributed by atoms with E-state index in [-0.39, 0.29) is 36.8 Å². The predicted molar refractivity (Wildman–Crippen MR) is 96.8 cm³/mol. The van der Waals surface area contributed by atoms with E-state index in [2.05, 4.69) is 4.98 Å². The zero-order chi connectivity index (χ0) is 17.7. The van der Waals surface area contributed by atoms with Gasteiger partial charge in [0, 0.05) is 6.42 Å². The van der Waals surface area contributed by atoms with Crippen molar-refractivity contribution in [1.29, 1.82) is 0 Å². The summed E-state index contributed by atoms with van der Waals surface area (Å²) in [6.45, 7) is 3.76. The van der Waals surface area contributed by atoms with E-state index in [0.29, 0.717) is 12.0 Å². The van der Waals surface area contributed by atoms with E-state index in [9.17, 15) is 9.36 Å². The van der Waals surface area contributed by atoms with Gasteiger partial charge in [-0.25, -0.2) is 0 Å². The molecule has 0 saturated carbocycles. The molecule has 0 bridgehead atoms. The molecule has 0 radical (unpaired) electrons. The molecule has 0 aliphatic heterocycles. The second kappa shape index (κ2) is 7.64. The largest absolute Gasteiger partial charge is 0.383 e. The molecule has 24 heavy (non-hydrogen) atoms. The van der Waals surface area contributed by atoms with E-state index in [1.165, 1.54) is 4.57 Å². The van der Waals surface area contributed by atoms with Crippen LogP contribution in [0.15, 0.2) is 35.1 Å². The Kier molecular flexibility index (Phi) is 5.80. The third-order valence-corrected chi connectivity index (χ3v) is 4.21. The fourth-order valence-corrected chi connectivity index (χ4v) is 2.82. The van der Waals surface area contributed by atoms with E-state index in [1.54, 1.807) is 13.3 Å². The fourth-order valence-electron chi connectivity index (χ4n) is 2.25. The van der Waals surface area contributed by atoms with Crippen molar-refractivity contribution >= 4 is 18.9 Å². The summed E-state index contributed by atoms with van der Waals surface area (Å²) in [4.78, 5) is 16.7. The summed E-state index contributed by atoms with van der Waals surface area (Å²) in [5.41, 5.74) is 12.8. The van der Waals surface area contributed by atoms with Crippen LogP contribution in [0.25, 0.3) is 0 Å². The van der Waals surface area contributed by atoms with Crippen LogP contribution >= 0.6 is 7.14 Å². The van der Waals surface area contributed by atoms with E-state index in [0.717, 1.165) is 5.56 Å². The van der Waals surface area contributed by atoms with Crippen molar-refractivity contribution in [2.45, 2.75) is 13.0 Å². The lowest BCUT2D eigenvalue weighted by Gasteiger charge is -2.14. The summed E-state index contributed by atoms with van der Waals surface area (Å²) >= 11 is 0. The Morgan fingerprint density at radius 3 is 2.50 bits per heavy atom. The zero-order valence-electron chi connectivity index (χ0n) is 13.9. The lowest BCUT2D eigenvalue weighted by atomic mass is 10.1. The van der Waals surface area contributed by atoms with E-state index in [4.69, 9.17) is 16.2 Å². The van der Waals surface area contributed by atoms with Gasteiger partial charge in [0.1, 0.15) is 13.0 Å². The molecule has 130 valence electrons. The number of nitrogens with zero attached hydrogens (tertiary/aromatic N) is 2. The minimum Gasteiger partial charge on any atom is -0.383 e. The average Bonchev–Trinajstić information content (AvgIpc) is 2.50. The smallest absolute Gasteiger partial charge is 0.260 e. The van der Waals surface area contributed by atoms with Gasteiger partial charge in [0.2, 0.25) is 5.95 Å². The number of ether oxygens (including phenoxy) is 1. The normalized spacial score (nSPS) is 11.6. The van der Waals surface area contributed by atoms with E-state index >= 15 is 0 Å². The number of nitrogen functional groups attached to an aromatic ring is 2. The van der Waals surface area contributed by atoms with E-state index in [1.807, 2.05) is 30.3 Å². The van der Waals surface area contributed by atoms with Crippen LogP contribution in [0.5, 0.6) is 0 Å². The highest BCUT2D eigenvalue weighted by atomic mass is 31.2. The van der Waals surface area contributed by atoms with Gasteiger partial charge < -0.3 is 20.8 Å². The molecule has 0 saturated heterocycles. The first kappa shape index (κ1) is 18.2. The van der Waals surface area contributed by atoms with Crippen LogP contribution in [-0.4, -0.2) is 35.8 Å². The summed E-state index contributed by atoms with van der Waals surface area (Å²) < 4.78 is 18.3. The molecule has 1 aromatic carbocycles. The van der Waals surface area contributed by atoms with Crippen molar-refractivity contribution < 1.29 is 9.30 Å². The van der Waals surface area contributed by atoms with Crippen LogP contribution in [-0.2, 0) is 22.3 Å². The molecule has 0 atom stereocenters. The Morgan fingerprint density at radius 2 is 1.88 bits per heavy atom. The Hall–Kier alpha value is -2.11. The number of benzene rings is 1. The zero-order valence-corrected chi connectivity index (χ0v) is 14.8. The molecule has 1 heterocycles. The van der Waals surface area contributed by atoms with Crippen molar-refractivity contribution in [3.63, 3.8) is 0 Å². The molecule has 8 heteroatoms. The SMILES string of the molecule is CP(C)(=O)COCCn1c(N)nc(N)c(Cc2ccccc2)c1=O. The summed E-state index contributed by atoms with van der Waals surface area (Å²) in [6, 6.07) is 9.54. The first-order chi connectivity index (χ1) is 11.3. The first-order valence-electron chi connectivity index (χ1n) is 7.58. The molecule has 0 aliphatic rings. The van der Waals surface area contributed by atoms with Gasteiger partial charge in [-0.05, 0) is 18.9 Å². The minimum absolute atomic E-state index is 0.0501. The van der Waals surface area contributed by atoms with Crippen molar-refractivity contribution in [2.75, 3.05) is 37.8 Å². The molecular weight excluding hydrogens is 327 g/mol. The molecule has 0 unspecified atom stereocenters. The topological polar surface area (TPSA) is 113 Å². The number of nitrogens with two attached hydrogens (primary N) is 2. The highest BCUT2D eigenvalue weighted by Gasteiger charge is 2.14. The molecule has 4 N–H and O–H groups in total. The van der Waals surface area contributed by atoms with Crippen LogP contribution in [0.4, 0.5) is 11.8 Å². The van der Waals surface area contributed by atoms with Crippen LogP contribution in [0.1, 0.15) is 11.1 Å². The first-order valence-corrected chi connectivity index (χ1v) is 10.4. The third-order valence-electron chi connectivity index (χ3n) is 3.41. The summed E-state index contributed by atoms with van der Waals surface area (Å²) in [6.07, 6.45) is 0.555. The lowest BCUT2D eigenvalue weighted by molar-refractivity contribution is 0.165. The van der Waals surface area contributed by atoms with Gasteiger partial charge in [-0.2, -0.15) is 4.98 Å². The highest BCUT2D eigenvalue weighted by Crippen LogP contribution is 2.35. The second-order valence-electron chi connectivity index (χ2n) is 6.06. The maximum atomic E-state index is 12.7. The fraction of sp³-hybridized carbons (Fsp3) is 0.375.